The number of hydrogen-bond donors (Lipinski definition) is 1. The van der Waals surface area contributed by atoms with Crippen LogP contribution < -0.4 is 0 Å². The lowest BCUT2D eigenvalue weighted by molar-refractivity contribution is 0.264. The lowest BCUT2D eigenvalue weighted by atomic mass is 9.88. The molecule has 0 spiro atoms. The molecule has 1 aliphatic rings. The van der Waals surface area contributed by atoms with Gasteiger partial charge in [0.25, 0.3) is 0 Å². The second-order valence-corrected chi connectivity index (χ2v) is 4.75. The summed E-state index contributed by atoms with van der Waals surface area (Å²) in [6.45, 7) is 5.56. The Bertz CT molecular complexity index is 394. The highest BCUT2D eigenvalue weighted by Gasteiger charge is 2.21. The van der Waals surface area contributed by atoms with Crippen molar-refractivity contribution in [2.75, 3.05) is 13.6 Å². The zero-order valence-electron chi connectivity index (χ0n) is 10.1. The van der Waals surface area contributed by atoms with E-state index in [2.05, 4.69) is 31.9 Å². The zero-order chi connectivity index (χ0) is 11.7. The highest BCUT2D eigenvalue weighted by atomic mass is 16.3. The predicted molar refractivity (Wildman–Crippen MR) is 67.3 cm³/mol. The Kier molecular flexibility index (Phi) is 3.01. The van der Waals surface area contributed by atoms with E-state index in [1.54, 1.807) is 12.1 Å². The Labute approximate surface area is 97.2 Å². The summed E-state index contributed by atoms with van der Waals surface area (Å²) in [4.78, 5) is 2.36. The summed E-state index contributed by atoms with van der Waals surface area (Å²) in [7, 11) is 2.16. The van der Waals surface area contributed by atoms with Crippen LogP contribution in [0.2, 0.25) is 0 Å². The number of likely N-dealkylation sites (N-methyl/N-ethyl adjacent to an activating group) is 1. The van der Waals surface area contributed by atoms with E-state index in [4.69, 9.17) is 0 Å². The number of phenols is 1. The highest BCUT2D eigenvalue weighted by Crippen LogP contribution is 2.30. The van der Waals surface area contributed by atoms with Crippen LogP contribution in [0.1, 0.15) is 19.4 Å². The van der Waals surface area contributed by atoms with Crippen molar-refractivity contribution < 1.29 is 5.11 Å². The van der Waals surface area contributed by atoms with Crippen molar-refractivity contribution in [2.24, 2.45) is 5.92 Å². The first-order valence-corrected chi connectivity index (χ1v) is 5.79. The summed E-state index contributed by atoms with van der Waals surface area (Å²) < 4.78 is 0. The van der Waals surface area contributed by atoms with E-state index >= 15 is 0 Å². The zero-order valence-corrected chi connectivity index (χ0v) is 10.1. The number of aromatic hydroxyl groups is 1. The summed E-state index contributed by atoms with van der Waals surface area (Å²) in [5.41, 5.74) is 2.62. The quantitative estimate of drug-likeness (QED) is 0.782. The van der Waals surface area contributed by atoms with Gasteiger partial charge in [0.05, 0.1) is 0 Å². The molecule has 0 bridgehead atoms. The van der Waals surface area contributed by atoms with Crippen LogP contribution >= 0.6 is 0 Å². The van der Waals surface area contributed by atoms with Crippen molar-refractivity contribution in [3.05, 3.63) is 35.9 Å². The molecule has 2 unspecified atom stereocenters. The van der Waals surface area contributed by atoms with Gasteiger partial charge in [-0.1, -0.05) is 25.1 Å². The predicted octanol–water partition coefficient (Wildman–Crippen LogP) is 2.75. The number of benzene rings is 1. The molecule has 86 valence electrons. The Balaban J connectivity index is 2.32. The van der Waals surface area contributed by atoms with Gasteiger partial charge in [0.1, 0.15) is 5.75 Å². The first kappa shape index (κ1) is 11.2. The Hall–Kier alpha value is -1.28. The van der Waals surface area contributed by atoms with Crippen LogP contribution in [0, 0.1) is 5.92 Å². The van der Waals surface area contributed by atoms with Gasteiger partial charge in [0.2, 0.25) is 0 Å². The second-order valence-electron chi connectivity index (χ2n) is 4.75. The number of hydrogen-bond acceptors (Lipinski definition) is 2. The fraction of sp³-hybridized carbons (Fsp3) is 0.429. The molecule has 2 rings (SSSR count). The third-order valence-electron chi connectivity index (χ3n) is 3.41. The molecular weight excluding hydrogens is 198 g/mol. The maximum absolute atomic E-state index is 9.29. The molecule has 0 saturated carbocycles. The number of nitrogens with zero attached hydrogens (tertiary/aromatic N) is 1. The van der Waals surface area contributed by atoms with Gasteiger partial charge in [-0.05, 0) is 43.2 Å². The smallest absolute Gasteiger partial charge is 0.115 e. The van der Waals surface area contributed by atoms with Crippen LogP contribution in [0.25, 0.3) is 5.57 Å². The van der Waals surface area contributed by atoms with Crippen LogP contribution in [0.3, 0.4) is 0 Å². The van der Waals surface area contributed by atoms with Gasteiger partial charge in [-0.2, -0.15) is 0 Å². The van der Waals surface area contributed by atoms with Gasteiger partial charge in [0.15, 0.2) is 0 Å². The van der Waals surface area contributed by atoms with Crippen molar-refractivity contribution in [1.29, 1.82) is 0 Å². The standard InChI is InChI=1S/C14H19NO/c1-10-9-15(3)11(2)8-14(10)12-4-6-13(16)7-5-12/h4-8,10-11,16H,9H2,1-3H3. The molecule has 2 heteroatoms. The topological polar surface area (TPSA) is 23.5 Å². The van der Waals surface area contributed by atoms with Crippen molar-refractivity contribution in [3.8, 4) is 5.75 Å². The molecule has 2 atom stereocenters. The van der Waals surface area contributed by atoms with Crippen LogP contribution in [-0.4, -0.2) is 29.6 Å². The van der Waals surface area contributed by atoms with E-state index in [1.165, 1.54) is 11.1 Å². The molecule has 1 heterocycles. The SMILES string of the molecule is CC1CN(C)C(C)C=C1c1ccc(O)cc1. The maximum Gasteiger partial charge on any atom is 0.115 e. The average molecular weight is 217 g/mol. The van der Waals surface area contributed by atoms with Gasteiger partial charge < -0.3 is 5.11 Å². The normalized spacial score (nSPS) is 26.6. The minimum absolute atomic E-state index is 0.331. The van der Waals surface area contributed by atoms with E-state index in [9.17, 15) is 5.11 Å². The number of rotatable bonds is 1. The monoisotopic (exact) mass is 217 g/mol. The minimum atomic E-state index is 0.331. The molecule has 2 nitrogen and oxygen atoms in total. The molecule has 1 aromatic carbocycles. The molecule has 0 aromatic heterocycles. The third-order valence-corrected chi connectivity index (χ3v) is 3.41. The summed E-state index contributed by atoms with van der Waals surface area (Å²) in [5.74, 6) is 0.878. The van der Waals surface area contributed by atoms with Gasteiger partial charge in [-0.3, -0.25) is 4.90 Å². The molecule has 1 aromatic rings. The van der Waals surface area contributed by atoms with E-state index in [1.807, 2.05) is 12.1 Å². The van der Waals surface area contributed by atoms with E-state index in [-0.39, 0.29) is 0 Å². The molecule has 0 amide bonds. The van der Waals surface area contributed by atoms with Crippen molar-refractivity contribution in [2.45, 2.75) is 19.9 Å². The molecular formula is C14H19NO. The van der Waals surface area contributed by atoms with Crippen LogP contribution in [-0.2, 0) is 0 Å². The Morgan fingerprint density at radius 3 is 2.44 bits per heavy atom. The number of phenolic OH excluding ortho intramolecular Hbond substituents is 1. The Morgan fingerprint density at radius 2 is 1.81 bits per heavy atom. The van der Waals surface area contributed by atoms with Gasteiger partial charge in [-0.15, -0.1) is 0 Å². The molecule has 0 radical (unpaired) electrons. The highest BCUT2D eigenvalue weighted by molar-refractivity contribution is 5.69. The average Bonchev–Trinajstić information content (AvgIpc) is 2.25. The van der Waals surface area contributed by atoms with Gasteiger partial charge >= 0.3 is 0 Å². The molecule has 16 heavy (non-hydrogen) atoms. The minimum Gasteiger partial charge on any atom is -0.508 e. The van der Waals surface area contributed by atoms with E-state index in [0.29, 0.717) is 17.7 Å². The molecule has 1 N–H and O–H groups in total. The molecule has 1 aliphatic heterocycles. The molecule has 0 saturated heterocycles. The van der Waals surface area contributed by atoms with Crippen molar-refractivity contribution >= 4 is 5.57 Å². The first-order valence-electron chi connectivity index (χ1n) is 5.79. The summed E-state index contributed by atoms with van der Waals surface area (Å²) in [6.07, 6.45) is 2.32. The lowest BCUT2D eigenvalue weighted by Gasteiger charge is -2.33. The fourth-order valence-electron chi connectivity index (χ4n) is 2.28. The molecule has 0 fully saturated rings. The summed E-state index contributed by atoms with van der Waals surface area (Å²) in [5, 5.41) is 9.29. The van der Waals surface area contributed by atoms with Gasteiger partial charge in [0, 0.05) is 12.6 Å². The second kappa shape index (κ2) is 4.30. The summed E-state index contributed by atoms with van der Waals surface area (Å²) in [6, 6.07) is 7.99. The lowest BCUT2D eigenvalue weighted by Crippen LogP contribution is -2.36. The van der Waals surface area contributed by atoms with E-state index in [0.717, 1.165) is 6.54 Å². The van der Waals surface area contributed by atoms with E-state index < -0.39 is 0 Å². The maximum atomic E-state index is 9.29. The third kappa shape index (κ3) is 2.12. The van der Waals surface area contributed by atoms with Crippen LogP contribution in [0.15, 0.2) is 30.3 Å². The van der Waals surface area contributed by atoms with Gasteiger partial charge in [-0.25, -0.2) is 0 Å². The fourth-order valence-corrected chi connectivity index (χ4v) is 2.28. The largest absolute Gasteiger partial charge is 0.508 e. The molecule has 0 aliphatic carbocycles. The van der Waals surface area contributed by atoms with Crippen LogP contribution in [0.4, 0.5) is 0 Å². The Morgan fingerprint density at radius 1 is 1.19 bits per heavy atom. The summed E-state index contributed by atoms with van der Waals surface area (Å²) >= 11 is 0. The van der Waals surface area contributed by atoms with Crippen LogP contribution in [0.5, 0.6) is 5.75 Å². The van der Waals surface area contributed by atoms with Crippen molar-refractivity contribution in [1.82, 2.24) is 4.90 Å². The first-order chi connectivity index (χ1) is 7.58. The van der Waals surface area contributed by atoms with Crippen molar-refractivity contribution in [3.63, 3.8) is 0 Å².